The monoisotopic (exact) mass is 454 g/mol. The van der Waals surface area contributed by atoms with Crippen LogP contribution in [-0.4, -0.2) is 46.5 Å². The van der Waals surface area contributed by atoms with Crippen LogP contribution in [0.5, 0.6) is 0 Å². The predicted molar refractivity (Wildman–Crippen MR) is 116 cm³/mol. The highest BCUT2D eigenvalue weighted by atomic mass is 31.2. The molecule has 0 amide bonds. The van der Waals surface area contributed by atoms with Gasteiger partial charge in [0.25, 0.3) is 0 Å². The molecule has 2 rings (SSSR count). The molecule has 0 heterocycles. The first-order chi connectivity index (χ1) is 14.3. The normalized spacial score (nSPS) is 14.3. The van der Waals surface area contributed by atoms with Gasteiger partial charge in [-0.3, -0.25) is 13.9 Å². The SMILES string of the molecule is COP(=O)(CC(C(=O)C(CP(=O)(OC)OC)c1ccccc1)c1ccccc1)OC. The quantitative estimate of drug-likeness (QED) is 0.413. The van der Waals surface area contributed by atoms with Crippen molar-refractivity contribution in [3.63, 3.8) is 0 Å². The molecule has 30 heavy (non-hydrogen) atoms. The smallest absolute Gasteiger partial charge is 0.312 e. The molecule has 2 atom stereocenters. The molecule has 0 aliphatic carbocycles. The van der Waals surface area contributed by atoms with Crippen molar-refractivity contribution in [2.24, 2.45) is 0 Å². The van der Waals surface area contributed by atoms with E-state index in [0.29, 0.717) is 11.1 Å². The molecule has 0 fully saturated rings. The fourth-order valence-electron chi connectivity index (χ4n) is 3.23. The van der Waals surface area contributed by atoms with Crippen LogP contribution in [0.1, 0.15) is 23.0 Å². The van der Waals surface area contributed by atoms with Gasteiger partial charge in [-0.2, -0.15) is 0 Å². The summed E-state index contributed by atoms with van der Waals surface area (Å²) in [4.78, 5) is 13.8. The minimum atomic E-state index is -3.51. The maximum atomic E-state index is 13.8. The minimum Gasteiger partial charge on any atom is -0.312 e. The summed E-state index contributed by atoms with van der Waals surface area (Å²) < 4.78 is 46.2. The Kier molecular flexibility index (Phi) is 9.17. The summed E-state index contributed by atoms with van der Waals surface area (Å²) in [5.41, 5.74) is 1.34. The third-order valence-electron chi connectivity index (χ3n) is 5.02. The maximum Gasteiger partial charge on any atom is 0.331 e. The van der Waals surface area contributed by atoms with Gasteiger partial charge in [-0.1, -0.05) is 60.7 Å². The number of ketones is 1. The molecule has 0 bridgehead atoms. The van der Waals surface area contributed by atoms with E-state index in [9.17, 15) is 13.9 Å². The number of carbonyl (C=O) groups excluding carboxylic acids is 1. The van der Waals surface area contributed by atoms with Crippen LogP contribution < -0.4 is 0 Å². The second-order valence-corrected chi connectivity index (χ2v) is 11.3. The number of hydrogen-bond donors (Lipinski definition) is 0. The lowest BCUT2D eigenvalue weighted by Crippen LogP contribution is -2.26. The molecule has 2 aromatic carbocycles. The highest BCUT2D eigenvalue weighted by molar-refractivity contribution is 7.54. The fraction of sp³-hybridized carbons (Fsp3) is 0.381. The molecule has 7 nitrogen and oxygen atoms in total. The molecule has 0 saturated heterocycles. The number of Topliss-reactive ketones (excluding diaryl/α,β-unsaturated/α-hetero) is 1. The van der Waals surface area contributed by atoms with E-state index in [0.717, 1.165) is 0 Å². The van der Waals surface area contributed by atoms with Crippen molar-refractivity contribution >= 4 is 21.0 Å². The zero-order chi connectivity index (χ0) is 22.2. The van der Waals surface area contributed by atoms with E-state index in [2.05, 4.69) is 0 Å². The molecule has 0 aliphatic rings. The van der Waals surface area contributed by atoms with Crippen LogP contribution in [-0.2, 0) is 32.0 Å². The van der Waals surface area contributed by atoms with Gasteiger partial charge < -0.3 is 18.1 Å². The summed E-state index contributed by atoms with van der Waals surface area (Å²) in [6, 6.07) is 18.0. The number of carbonyl (C=O) groups is 1. The van der Waals surface area contributed by atoms with Gasteiger partial charge in [0.15, 0.2) is 0 Å². The maximum absolute atomic E-state index is 13.8. The summed E-state index contributed by atoms with van der Waals surface area (Å²) in [6.07, 6.45) is -0.285. The number of rotatable bonds is 12. The van der Waals surface area contributed by atoms with Crippen LogP contribution in [0.4, 0.5) is 0 Å². The average Bonchev–Trinajstić information content (AvgIpc) is 2.81. The molecule has 0 radical (unpaired) electrons. The Bertz CT molecular complexity index is 813. The molecule has 9 heteroatoms. The van der Waals surface area contributed by atoms with Crippen molar-refractivity contribution in [2.75, 3.05) is 40.8 Å². The zero-order valence-corrected chi connectivity index (χ0v) is 19.4. The van der Waals surface area contributed by atoms with Crippen LogP contribution in [0.25, 0.3) is 0 Å². The summed E-state index contributed by atoms with van der Waals surface area (Å²) in [5.74, 6) is -1.87. The van der Waals surface area contributed by atoms with Crippen molar-refractivity contribution in [1.29, 1.82) is 0 Å². The zero-order valence-electron chi connectivity index (χ0n) is 17.6. The molecular formula is C21H28O7P2. The van der Waals surface area contributed by atoms with E-state index in [1.165, 1.54) is 28.4 Å². The summed E-state index contributed by atoms with van der Waals surface area (Å²) in [5, 5.41) is 0. The Morgan fingerprint density at radius 3 is 1.23 bits per heavy atom. The Balaban J connectivity index is 2.53. The number of benzene rings is 2. The van der Waals surface area contributed by atoms with Crippen LogP contribution in [0.15, 0.2) is 60.7 Å². The van der Waals surface area contributed by atoms with Crippen molar-refractivity contribution < 1.29 is 32.0 Å². The van der Waals surface area contributed by atoms with E-state index < -0.39 is 27.0 Å². The van der Waals surface area contributed by atoms with Gasteiger partial charge in [-0.15, -0.1) is 0 Å². The van der Waals surface area contributed by atoms with Gasteiger partial charge in [0.2, 0.25) is 0 Å². The lowest BCUT2D eigenvalue weighted by atomic mass is 9.85. The van der Waals surface area contributed by atoms with Crippen LogP contribution >= 0.6 is 15.2 Å². The van der Waals surface area contributed by atoms with Gasteiger partial charge in [0.1, 0.15) is 5.78 Å². The molecule has 0 saturated carbocycles. The average molecular weight is 454 g/mol. The van der Waals surface area contributed by atoms with Gasteiger partial charge in [-0.25, -0.2) is 0 Å². The lowest BCUT2D eigenvalue weighted by molar-refractivity contribution is -0.121. The Morgan fingerprint density at radius 2 is 0.967 bits per heavy atom. The van der Waals surface area contributed by atoms with Crippen molar-refractivity contribution in [3.8, 4) is 0 Å². The third-order valence-corrected chi connectivity index (χ3v) is 8.87. The first-order valence-electron chi connectivity index (χ1n) is 9.36. The van der Waals surface area contributed by atoms with Gasteiger partial charge in [0.05, 0.1) is 24.2 Å². The highest BCUT2D eigenvalue weighted by Gasteiger charge is 2.39. The van der Waals surface area contributed by atoms with E-state index >= 15 is 0 Å². The van der Waals surface area contributed by atoms with E-state index in [1.807, 2.05) is 12.1 Å². The van der Waals surface area contributed by atoms with E-state index in [1.54, 1.807) is 48.5 Å². The highest BCUT2D eigenvalue weighted by Crippen LogP contribution is 2.53. The third kappa shape index (κ3) is 6.21. The molecule has 0 aromatic heterocycles. The molecule has 2 unspecified atom stereocenters. The van der Waals surface area contributed by atoms with Crippen molar-refractivity contribution in [3.05, 3.63) is 71.8 Å². The van der Waals surface area contributed by atoms with Crippen molar-refractivity contribution in [2.45, 2.75) is 11.8 Å². The predicted octanol–water partition coefficient (Wildman–Crippen LogP) is 5.09. The fourth-order valence-corrected chi connectivity index (χ4v) is 5.80. The molecule has 0 spiro atoms. The van der Waals surface area contributed by atoms with E-state index in [-0.39, 0.29) is 18.1 Å². The summed E-state index contributed by atoms with van der Waals surface area (Å²) in [6.45, 7) is 0. The molecule has 2 aromatic rings. The standard InChI is InChI=1S/C21H28O7P2/c1-25-29(23,26-2)15-19(17-11-7-5-8-12-17)21(22)20(16-30(24,27-3)28-4)18-13-9-6-10-14-18/h5-14,19-20H,15-16H2,1-4H3. The van der Waals surface area contributed by atoms with Crippen LogP contribution in [0.2, 0.25) is 0 Å². The second-order valence-electron chi connectivity index (χ2n) is 6.65. The summed E-state index contributed by atoms with van der Waals surface area (Å²) in [7, 11) is -1.86. The second kappa shape index (κ2) is 11.1. The van der Waals surface area contributed by atoms with Gasteiger partial charge in [0, 0.05) is 28.4 Å². The van der Waals surface area contributed by atoms with Crippen LogP contribution in [0.3, 0.4) is 0 Å². The van der Waals surface area contributed by atoms with Crippen LogP contribution in [0, 0.1) is 0 Å². The Labute approximate surface area is 177 Å². The Morgan fingerprint density at radius 1 is 0.667 bits per heavy atom. The molecule has 0 N–H and O–H groups in total. The molecule has 164 valence electrons. The molecular weight excluding hydrogens is 426 g/mol. The van der Waals surface area contributed by atoms with Crippen molar-refractivity contribution in [1.82, 2.24) is 0 Å². The minimum absolute atomic E-state index is 0.142. The Hall–Kier alpha value is -1.59. The molecule has 0 aliphatic heterocycles. The summed E-state index contributed by atoms with van der Waals surface area (Å²) >= 11 is 0. The first-order valence-corrected chi connectivity index (χ1v) is 12.8. The van der Waals surface area contributed by atoms with Gasteiger partial charge in [-0.05, 0) is 11.1 Å². The topological polar surface area (TPSA) is 88.1 Å². The van der Waals surface area contributed by atoms with E-state index in [4.69, 9.17) is 18.1 Å². The number of hydrogen-bond acceptors (Lipinski definition) is 7. The largest absolute Gasteiger partial charge is 0.331 e. The lowest BCUT2D eigenvalue weighted by Gasteiger charge is -2.27. The van der Waals surface area contributed by atoms with Gasteiger partial charge >= 0.3 is 15.2 Å². The first kappa shape index (κ1) is 24.7.